The van der Waals surface area contributed by atoms with E-state index in [9.17, 15) is 9.59 Å². The van der Waals surface area contributed by atoms with Gasteiger partial charge in [0.05, 0.1) is 0 Å². The van der Waals surface area contributed by atoms with Gasteiger partial charge in [0.15, 0.2) is 0 Å². The lowest BCUT2D eigenvalue weighted by atomic mass is 9.93. The van der Waals surface area contributed by atoms with Crippen LogP contribution >= 0.6 is 0 Å². The van der Waals surface area contributed by atoms with Crippen LogP contribution in [-0.4, -0.2) is 43.4 Å². The van der Waals surface area contributed by atoms with E-state index in [2.05, 4.69) is 10.6 Å². The molecule has 1 saturated heterocycles. The molecule has 3 rings (SSSR count). The van der Waals surface area contributed by atoms with Crippen LogP contribution in [0.1, 0.15) is 42.5 Å². The molecule has 1 aromatic carbocycles. The molecule has 0 aromatic heterocycles. The van der Waals surface area contributed by atoms with Gasteiger partial charge in [-0.15, -0.1) is 0 Å². The van der Waals surface area contributed by atoms with E-state index in [-0.39, 0.29) is 17.7 Å². The molecule has 0 spiro atoms. The van der Waals surface area contributed by atoms with Crippen molar-refractivity contribution < 1.29 is 9.59 Å². The summed E-state index contributed by atoms with van der Waals surface area (Å²) in [6.45, 7) is 2.69. The fourth-order valence-corrected chi connectivity index (χ4v) is 3.28. The van der Waals surface area contributed by atoms with E-state index in [0.717, 1.165) is 51.0 Å². The Morgan fingerprint density at radius 2 is 1.92 bits per heavy atom. The number of carbonyl (C=O) groups is 2. The molecule has 24 heavy (non-hydrogen) atoms. The Morgan fingerprint density at radius 3 is 2.58 bits per heavy atom. The molecule has 2 aliphatic rings. The molecule has 1 aliphatic heterocycles. The summed E-state index contributed by atoms with van der Waals surface area (Å²) < 4.78 is 0. The van der Waals surface area contributed by atoms with Crippen LogP contribution in [-0.2, 0) is 4.79 Å². The second-order valence-corrected chi connectivity index (χ2v) is 6.97. The standard InChI is InChI=1S/C19H27N3O2/c1-20-10-7-14-8-11-22(12-9-14)19(24)16-3-2-4-17(13-16)21-18(23)15-5-6-15/h2-4,13-15,20H,5-12H2,1H3,(H,21,23). The number of anilines is 1. The number of nitrogens with one attached hydrogen (secondary N) is 2. The molecule has 2 N–H and O–H groups in total. The van der Waals surface area contributed by atoms with Crippen molar-refractivity contribution in [3.8, 4) is 0 Å². The molecule has 0 unspecified atom stereocenters. The van der Waals surface area contributed by atoms with Gasteiger partial charge in [-0.05, 0) is 69.8 Å². The van der Waals surface area contributed by atoms with Crippen molar-refractivity contribution in [3.05, 3.63) is 29.8 Å². The summed E-state index contributed by atoms with van der Waals surface area (Å²) in [4.78, 5) is 26.5. The maximum atomic E-state index is 12.7. The van der Waals surface area contributed by atoms with Gasteiger partial charge in [0.1, 0.15) is 0 Å². The predicted octanol–water partition coefficient (Wildman–Crippen LogP) is 2.50. The average Bonchev–Trinajstić information content (AvgIpc) is 3.45. The fourth-order valence-electron chi connectivity index (χ4n) is 3.28. The second kappa shape index (κ2) is 7.79. The van der Waals surface area contributed by atoms with Gasteiger partial charge in [-0.3, -0.25) is 9.59 Å². The number of hydrogen-bond acceptors (Lipinski definition) is 3. The zero-order valence-corrected chi connectivity index (χ0v) is 14.4. The molecule has 5 heteroatoms. The lowest BCUT2D eigenvalue weighted by molar-refractivity contribution is -0.117. The Labute approximate surface area is 143 Å². The third-order valence-corrected chi connectivity index (χ3v) is 5.03. The number of likely N-dealkylation sites (tertiary alicyclic amines) is 1. The number of piperidine rings is 1. The minimum absolute atomic E-state index is 0.0737. The molecular formula is C19H27N3O2. The molecule has 0 bridgehead atoms. The quantitative estimate of drug-likeness (QED) is 0.843. The number of hydrogen-bond donors (Lipinski definition) is 2. The largest absolute Gasteiger partial charge is 0.339 e. The Kier molecular flexibility index (Phi) is 5.51. The monoisotopic (exact) mass is 329 g/mol. The maximum Gasteiger partial charge on any atom is 0.253 e. The van der Waals surface area contributed by atoms with Crippen molar-refractivity contribution in [1.29, 1.82) is 0 Å². The Morgan fingerprint density at radius 1 is 1.17 bits per heavy atom. The fraction of sp³-hybridized carbons (Fsp3) is 0.579. The normalized spacial score (nSPS) is 18.5. The van der Waals surface area contributed by atoms with Crippen LogP contribution in [0.15, 0.2) is 24.3 Å². The first-order chi connectivity index (χ1) is 11.7. The van der Waals surface area contributed by atoms with E-state index in [1.54, 1.807) is 6.07 Å². The van der Waals surface area contributed by atoms with Crippen molar-refractivity contribution in [1.82, 2.24) is 10.2 Å². The van der Waals surface area contributed by atoms with Crippen LogP contribution in [0.4, 0.5) is 5.69 Å². The van der Waals surface area contributed by atoms with Gasteiger partial charge in [0, 0.05) is 30.3 Å². The maximum absolute atomic E-state index is 12.7. The van der Waals surface area contributed by atoms with Crippen molar-refractivity contribution in [2.24, 2.45) is 11.8 Å². The number of carbonyl (C=O) groups excluding carboxylic acids is 2. The van der Waals surface area contributed by atoms with Gasteiger partial charge < -0.3 is 15.5 Å². The summed E-state index contributed by atoms with van der Waals surface area (Å²) in [7, 11) is 1.98. The summed E-state index contributed by atoms with van der Waals surface area (Å²) in [5.74, 6) is 1.03. The molecule has 2 amide bonds. The summed E-state index contributed by atoms with van der Waals surface area (Å²) in [5, 5.41) is 6.11. The van der Waals surface area contributed by atoms with Gasteiger partial charge >= 0.3 is 0 Å². The molecular weight excluding hydrogens is 302 g/mol. The van der Waals surface area contributed by atoms with E-state index >= 15 is 0 Å². The van der Waals surface area contributed by atoms with Crippen LogP contribution in [0.25, 0.3) is 0 Å². The van der Waals surface area contributed by atoms with Crippen molar-refractivity contribution >= 4 is 17.5 Å². The van der Waals surface area contributed by atoms with Gasteiger partial charge in [0.25, 0.3) is 5.91 Å². The molecule has 130 valence electrons. The smallest absolute Gasteiger partial charge is 0.253 e. The van der Waals surface area contributed by atoms with Gasteiger partial charge in [-0.1, -0.05) is 6.07 Å². The topological polar surface area (TPSA) is 61.4 Å². The molecule has 0 radical (unpaired) electrons. The predicted molar refractivity (Wildman–Crippen MR) is 95.0 cm³/mol. The minimum atomic E-state index is 0.0737. The summed E-state index contributed by atoms with van der Waals surface area (Å²) >= 11 is 0. The van der Waals surface area contributed by atoms with Gasteiger partial charge in [-0.2, -0.15) is 0 Å². The zero-order chi connectivity index (χ0) is 16.9. The van der Waals surface area contributed by atoms with E-state index in [4.69, 9.17) is 0 Å². The average molecular weight is 329 g/mol. The van der Waals surface area contributed by atoms with Crippen molar-refractivity contribution in [2.75, 3.05) is 32.0 Å². The zero-order valence-electron chi connectivity index (χ0n) is 14.4. The lowest BCUT2D eigenvalue weighted by Crippen LogP contribution is -2.39. The molecule has 5 nitrogen and oxygen atoms in total. The molecule has 1 aliphatic carbocycles. The lowest BCUT2D eigenvalue weighted by Gasteiger charge is -2.32. The highest BCUT2D eigenvalue weighted by molar-refractivity contribution is 5.98. The van der Waals surface area contributed by atoms with Crippen LogP contribution in [0, 0.1) is 11.8 Å². The van der Waals surface area contributed by atoms with Crippen LogP contribution in [0.3, 0.4) is 0 Å². The van der Waals surface area contributed by atoms with E-state index < -0.39 is 0 Å². The first-order valence-electron chi connectivity index (χ1n) is 9.02. The van der Waals surface area contributed by atoms with Crippen LogP contribution in [0.5, 0.6) is 0 Å². The van der Waals surface area contributed by atoms with E-state index in [0.29, 0.717) is 11.5 Å². The highest BCUT2D eigenvalue weighted by atomic mass is 16.2. The minimum Gasteiger partial charge on any atom is -0.339 e. The number of nitrogens with zero attached hydrogens (tertiary/aromatic N) is 1. The van der Waals surface area contributed by atoms with E-state index in [1.807, 2.05) is 30.1 Å². The molecule has 2 fully saturated rings. The second-order valence-electron chi connectivity index (χ2n) is 6.97. The first kappa shape index (κ1) is 17.0. The summed E-state index contributed by atoms with van der Waals surface area (Å²) in [5.41, 5.74) is 1.39. The third-order valence-electron chi connectivity index (χ3n) is 5.03. The van der Waals surface area contributed by atoms with Gasteiger partial charge in [-0.25, -0.2) is 0 Å². The summed E-state index contributed by atoms with van der Waals surface area (Å²) in [6.07, 6.45) is 5.29. The number of benzene rings is 1. The first-order valence-corrected chi connectivity index (χ1v) is 9.02. The number of rotatable bonds is 6. The van der Waals surface area contributed by atoms with Crippen molar-refractivity contribution in [2.45, 2.75) is 32.1 Å². The summed E-state index contributed by atoms with van der Waals surface area (Å²) in [6, 6.07) is 7.33. The molecule has 1 heterocycles. The number of amides is 2. The molecule has 0 atom stereocenters. The third kappa shape index (κ3) is 4.35. The van der Waals surface area contributed by atoms with Crippen LogP contribution < -0.4 is 10.6 Å². The van der Waals surface area contributed by atoms with E-state index in [1.165, 1.54) is 6.42 Å². The van der Waals surface area contributed by atoms with Crippen LogP contribution in [0.2, 0.25) is 0 Å². The SMILES string of the molecule is CNCCC1CCN(C(=O)c2cccc(NC(=O)C3CC3)c2)CC1. The highest BCUT2D eigenvalue weighted by Crippen LogP contribution is 2.30. The highest BCUT2D eigenvalue weighted by Gasteiger charge is 2.29. The van der Waals surface area contributed by atoms with Gasteiger partial charge in [0.2, 0.25) is 5.91 Å². The Bertz CT molecular complexity index is 590. The Balaban J connectivity index is 1.56. The van der Waals surface area contributed by atoms with Crippen molar-refractivity contribution in [3.63, 3.8) is 0 Å². The molecule has 1 saturated carbocycles. The molecule has 1 aromatic rings. The Hall–Kier alpha value is -1.88.